The van der Waals surface area contributed by atoms with Gasteiger partial charge in [0.2, 0.25) is 0 Å². The highest BCUT2D eigenvalue weighted by atomic mass is 16.3. The lowest BCUT2D eigenvalue weighted by Crippen LogP contribution is -2.18. The molecule has 3 rings (SSSR count). The molecule has 0 atom stereocenters. The summed E-state index contributed by atoms with van der Waals surface area (Å²) in [5.74, 6) is 0.446. The molecule has 0 bridgehead atoms. The van der Waals surface area contributed by atoms with E-state index in [0.717, 1.165) is 24.2 Å². The van der Waals surface area contributed by atoms with Gasteiger partial charge in [0.05, 0.1) is 0 Å². The van der Waals surface area contributed by atoms with Crippen molar-refractivity contribution in [1.82, 2.24) is 9.80 Å². The van der Waals surface area contributed by atoms with E-state index >= 15 is 0 Å². The highest BCUT2D eigenvalue weighted by Gasteiger charge is 2.13. The minimum Gasteiger partial charge on any atom is -0.508 e. The number of hydrogen-bond donors (Lipinski definition) is 2. The Morgan fingerprint density at radius 1 is 0.571 bits per heavy atom. The fourth-order valence-electron chi connectivity index (χ4n) is 3.40. The molecule has 0 unspecified atom stereocenters. The van der Waals surface area contributed by atoms with Crippen LogP contribution in [0.4, 0.5) is 0 Å². The van der Waals surface area contributed by atoms with Crippen molar-refractivity contribution in [1.29, 1.82) is 0 Å². The Kier molecular flexibility index (Phi) is 6.69. The minimum atomic E-state index is 0.223. The molecule has 0 fully saturated rings. The first-order valence-electron chi connectivity index (χ1n) is 9.50. The monoisotopic (exact) mass is 376 g/mol. The van der Waals surface area contributed by atoms with Crippen molar-refractivity contribution in [2.45, 2.75) is 26.2 Å². The smallest absolute Gasteiger partial charge is 0.120 e. The van der Waals surface area contributed by atoms with E-state index in [4.69, 9.17) is 0 Å². The molecule has 0 spiro atoms. The van der Waals surface area contributed by atoms with Gasteiger partial charge in [-0.05, 0) is 37.4 Å². The van der Waals surface area contributed by atoms with E-state index in [-0.39, 0.29) is 11.5 Å². The Morgan fingerprint density at radius 2 is 0.929 bits per heavy atom. The van der Waals surface area contributed by atoms with Crippen LogP contribution in [0.2, 0.25) is 0 Å². The summed E-state index contributed by atoms with van der Waals surface area (Å²) in [6.07, 6.45) is 0. The summed E-state index contributed by atoms with van der Waals surface area (Å²) < 4.78 is 0. The van der Waals surface area contributed by atoms with Gasteiger partial charge in [-0.1, -0.05) is 60.7 Å². The molecule has 0 amide bonds. The summed E-state index contributed by atoms with van der Waals surface area (Å²) in [7, 11) is 4.01. The Balaban J connectivity index is 1.63. The van der Waals surface area contributed by atoms with Crippen LogP contribution in [0.5, 0.6) is 11.5 Å². The van der Waals surface area contributed by atoms with Gasteiger partial charge in [0, 0.05) is 37.3 Å². The topological polar surface area (TPSA) is 46.9 Å². The zero-order chi connectivity index (χ0) is 19.9. The molecule has 3 aromatic rings. The second-order valence-corrected chi connectivity index (χ2v) is 7.43. The predicted molar refractivity (Wildman–Crippen MR) is 113 cm³/mol. The van der Waals surface area contributed by atoms with Crippen molar-refractivity contribution in [3.8, 4) is 11.5 Å². The molecular formula is C24H28N2O2. The number of benzene rings is 3. The Labute approximate surface area is 167 Å². The van der Waals surface area contributed by atoms with E-state index in [1.54, 1.807) is 12.1 Å². The van der Waals surface area contributed by atoms with Gasteiger partial charge in [-0.15, -0.1) is 0 Å². The van der Waals surface area contributed by atoms with Crippen molar-refractivity contribution < 1.29 is 10.2 Å². The van der Waals surface area contributed by atoms with Crippen LogP contribution in [-0.2, 0) is 26.2 Å². The van der Waals surface area contributed by atoms with E-state index in [1.165, 1.54) is 11.1 Å². The van der Waals surface area contributed by atoms with Crippen molar-refractivity contribution in [2.24, 2.45) is 0 Å². The van der Waals surface area contributed by atoms with Crippen LogP contribution < -0.4 is 0 Å². The lowest BCUT2D eigenvalue weighted by Gasteiger charge is -2.20. The first-order valence-corrected chi connectivity index (χ1v) is 9.50. The molecule has 0 aliphatic rings. The second kappa shape index (κ2) is 9.40. The van der Waals surface area contributed by atoms with Crippen molar-refractivity contribution in [3.05, 3.63) is 95.1 Å². The maximum absolute atomic E-state index is 10.5. The van der Waals surface area contributed by atoms with Gasteiger partial charge >= 0.3 is 0 Å². The quantitative estimate of drug-likeness (QED) is 0.574. The van der Waals surface area contributed by atoms with Crippen LogP contribution in [-0.4, -0.2) is 34.1 Å². The summed E-state index contributed by atoms with van der Waals surface area (Å²) >= 11 is 0. The first-order chi connectivity index (χ1) is 13.5. The van der Waals surface area contributed by atoms with E-state index in [1.807, 2.05) is 50.5 Å². The summed E-state index contributed by atoms with van der Waals surface area (Å²) in [5.41, 5.74) is 3.89. The molecule has 0 heterocycles. The van der Waals surface area contributed by atoms with Crippen molar-refractivity contribution >= 4 is 0 Å². The van der Waals surface area contributed by atoms with E-state index in [2.05, 4.69) is 34.1 Å². The maximum Gasteiger partial charge on any atom is 0.120 e. The van der Waals surface area contributed by atoms with E-state index in [0.29, 0.717) is 13.1 Å². The molecule has 146 valence electrons. The third-order valence-electron chi connectivity index (χ3n) is 4.75. The number of aromatic hydroxyl groups is 2. The number of nitrogens with zero attached hydrogens (tertiary/aromatic N) is 2. The van der Waals surface area contributed by atoms with Crippen LogP contribution in [0.1, 0.15) is 22.3 Å². The summed E-state index contributed by atoms with van der Waals surface area (Å²) in [5, 5.41) is 21.0. The largest absolute Gasteiger partial charge is 0.508 e. The average molecular weight is 376 g/mol. The first kappa shape index (κ1) is 19.9. The molecule has 0 aromatic heterocycles. The van der Waals surface area contributed by atoms with Gasteiger partial charge in [0.25, 0.3) is 0 Å². The van der Waals surface area contributed by atoms with Gasteiger partial charge in [-0.3, -0.25) is 9.80 Å². The van der Waals surface area contributed by atoms with Crippen molar-refractivity contribution in [2.75, 3.05) is 14.1 Å². The lowest BCUT2D eigenvalue weighted by atomic mass is 10.1. The molecule has 4 heteroatoms. The van der Waals surface area contributed by atoms with Crippen LogP contribution in [0.3, 0.4) is 0 Å². The van der Waals surface area contributed by atoms with E-state index < -0.39 is 0 Å². The number of phenolic OH excluding ortho intramolecular Hbond substituents is 2. The Bertz CT molecular complexity index is 807. The normalized spacial score (nSPS) is 11.3. The molecule has 4 nitrogen and oxygen atoms in total. The summed E-state index contributed by atoms with van der Waals surface area (Å²) in [6.45, 7) is 2.69. The SMILES string of the molecule is CN(Cc1ccccc1)Cc1cc(O)c(CN(C)Cc2ccccc2)cc1O. The molecular weight excluding hydrogens is 348 g/mol. The van der Waals surface area contributed by atoms with Gasteiger partial charge in [0.1, 0.15) is 11.5 Å². The lowest BCUT2D eigenvalue weighted by molar-refractivity contribution is 0.305. The van der Waals surface area contributed by atoms with E-state index in [9.17, 15) is 10.2 Å². The Hall–Kier alpha value is -2.82. The van der Waals surface area contributed by atoms with Crippen molar-refractivity contribution in [3.63, 3.8) is 0 Å². The third kappa shape index (κ3) is 5.59. The fraction of sp³-hybridized carbons (Fsp3) is 0.250. The molecule has 28 heavy (non-hydrogen) atoms. The third-order valence-corrected chi connectivity index (χ3v) is 4.75. The molecule has 3 aromatic carbocycles. The minimum absolute atomic E-state index is 0.223. The maximum atomic E-state index is 10.5. The average Bonchev–Trinajstić information content (AvgIpc) is 2.67. The molecule has 0 saturated heterocycles. The van der Waals surface area contributed by atoms with Crippen LogP contribution in [0.15, 0.2) is 72.8 Å². The highest BCUT2D eigenvalue weighted by molar-refractivity contribution is 5.45. The zero-order valence-electron chi connectivity index (χ0n) is 16.5. The highest BCUT2D eigenvalue weighted by Crippen LogP contribution is 2.29. The van der Waals surface area contributed by atoms with Gasteiger partial charge < -0.3 is 10.2 Å². The van der Waals surface area contributed by atoms with Crippen LogP contribution in [0.25, 0.3) is 0 Å². The molecule has 0 aliphatic heterocycles. The molecule has 2 N–H and O–H groups in total. The Morgan fingerprint density at radius 3 is 1.29 bits per heavy atom. The fourth-order valence-corrected chi connectivity index (χ4v) is 3.40. The standard InChI is InChI=1S/C24H28N2O2/c1-25(15-19-9-5-3-6-10-19)17-21-13-24(28)22(14-23(21)27)18-26(2)16-20-11-7-4-8-12-20/h3-14,27-28H,15-18H2,1-2H3. The van der Waals surface area contributed by atoms with Gasteiger partial charge in [0.15, 0.2) is 0 Å². The molecule has 0 aliphatic carbocycles. The van der Waals surface area contributed by atoms with Crippen LogP contribution in [0, 0.1) is 0 Å². The number of rotatable bonds is 8. The summed E-state index contributed by atoms with van der Waals surface area (Å²) in [4.78, 5) is 4.23. The zero-order valence-corrected chi connectivity index (χ0v) is 16.5. The summed E-state index contributed by atoms with van der Waals surface area (Å²) in [6, 6.07) is 23.8. The van der Waals surface area contributed by atoms with Gasteiger partial charge in [-0.2, -0.15) is 0 Å². The molecule has 0 radical (unpaired) electrons. The van der Waals surface area contributed by atoms with Crippen LogP contribution >= 0.6 is 0 Å². The molecule has 0 saturated carbocycles. The second-order valence-electron chi connectivity index (χ2n) is 7.43. The number of hydrogen-bond acceptors (Lipinski definition) is 4. The predicted octanol–water partition coefficient (Wildman–Crippen LogP) is 4.36. The van der Waals surface area contributed by atoms with Gasteiger partial charge in [-0.25, -0.2) is 0 Å². The number of phenols is 2.